The third-order valence-electron chi connectivity index (χ3n) is 2.22. The molecule has 0 spiro atoms. The van der Waals surface area contributed by atoms with Gasteiger partial charge in [0.25, 0.3) is 0 Å². The van der Waals surface area contributed by atoms with Gasteiger partial charge in [0.1, 0.15) is 12.2 Å². The second-order valence-electron chi connectivity index (χ2n) is 3.33. The van der Waals surface area contributed by atoms with E-state index in [9.17, 15) is 5.11 Å². The van der Waals surface area contributed by atoms with E-state index in [-0.39, 0.29) is 0 Å². The Kier molecular flexibility index (Phi) is 3.58. The number of hydrogen-bond acceptors (Lipinski definition) is 2. The maximum Gasteiger partial charge on any atom is 0.125 e. The summed E-state index contributed by atoms with van der Waals surface area (Å²) in [6.45, 7) is 0.419. The lowest BCUT2D eigenvalue weighted by Crippen LogP contribution is -2.29. The van der Waals surface area contributed by atoms with Gasteiger partial charge in [-0.15, -0.1) is 0 Å². The summed E-state index contributed by atoms with van der Waals surface area (Å²) in [7, 11) is 1.61. The summed E-state index contributed by atoms with van der Waals surface area (Å²) in [4.78, 5) is 0. The third-order valence-corrected chi connectivity index (χ3v) is 2.22. The number of hydrogen-bond donors (Lipinski definition) is 1. The molecule has 0 amide bonds. The molecule has 0 aromatic carbocycles. The molecule has 1 aliphatic carbocycles. The molecule has 1 N–H and O–H groups in total. The van der Waals surface area contributed by atoms with Crippen LogP contribution in [0.4, 0.5) is 0 Å². The summed E-state index contributed by atoms with van der Waals surface area (Å²) in [5, 5.41) is 9.87. The van der Waals surface area contributed by atoms with Crippen molar-refractivity contribution in [3.05, 3.63) is 0 Å². The molecule has 0 aliphatic heterocycles. The van der Waals surface area contributed by atoms with Crippen LogP contribution in [0.15, 0.2) is 0 Å². The van der Waals surface area contributed by atoms with Crippen LogP contribution in [-0.2, 0) is 4.74 Å². The number of aliphatic hydroxyl groups is 1. The van der Waals surface area contributed by atoms with Gasteiger partial charge >= 0.3 is 0 Å². The predicted octanol–water partition coefficient (Wildman–Crippen LogP) is 1.33. The summed E-state index contributed by atoms with van der Waals surface area (Å²) in [6, 6.07) is 0. The molecule has 0 aromatic rings. The fourth-order valence-corrected chi connectivity index (χ4v) is 1.53. The van der Waals surface area contributed by atoms with Gasteiger partial charge in [-0.2, -0.15) is 0 Å². The van der Waals surface area contributed by atoms with Crippen LogP contribution in [0.25, 0.3) is 0 Å². The zero-order valence-electron chi connectivity index (χ0n) is 7.60. The van der Waals surface area contributed by atoms with Crippen molar-refractivity contribution in [3.8, 4) is 11.8 Å². The van der Waals surface area contributed by atoms with Crippen LogP contribution < -0.4 is 0 Å². The van der Waals surface area contributed by atoms with Gasteiger partial charge in [-0.3, -0.25) is 0 Å². The van der Waals surface area contributed by atoms with Gasteiger partial charge in [0.05, 0.1) is 0 Å². The quantitative estimate of drug-likeness (QED) is 0.598. The molecule has 0 saturated heterocycles. The van der Waals surface area contributed by atoms with Gasteiger partial charge in [-0.05, 0) is 25.7 Å². The van der Waals surface area contributed by atoms with Gasteiger partial charge in [-0.25, -0.2) is 0 Å². The molecule has 1 saturated carbocycles. The average molecular weight is 168 g/mol. The minimum absolute atomic E-state index is 0.419. The Labute approximate surface area is 73.9 Å². The van der Waals surface area contributed by atoms with Crippen LogP contribution in [-0.4, -0.2) is 24.4 Å². The first-order valence-electron chi connectivity index (χ1n) is 4.48. The Morgan fingerprint density at radius 1 is 1.33 bits per heavy atom. The number of rotatable bonds is 1. The first-order chi connectivity index (χ1) is 5.77. The summed E-state index contributed by atoms with van der Waals surface area (Å²) in [5.74, 6) is 5.70. The van der Waals surface area contributed by atoms with Crippen molar-refractivity contribution in [1.82, 2.24) is 0 Å². The Balaban J connectivity index is 2.42. The van der Waals surface area contributed by atoms with Crippen molar-refractivity contribution in [2.45, 2.75) is 37.7 Å². The molecule has 0 heterocycles. The number of ether oxygens (including phenoxy) is 1. The van der Waals surface area contributed by atoms with E-state index in [1.165, 1.54) is 6.42 Å². The Morgan fingerprint density at radius 3 is 2.58 bits per heavy atom. The van der Waals surface area contributed by atoms with Gasteiger partial charge in [-0.1, -0.05) is 18.3 Å². The molecule has 1 fully saturated rings. The second kappa shape index (κ2) is 4.49. The molecule has 0 aromatic heterocycles. The van der Waals surface area contributed by atoms with Crippen LogP contribution in [0.1, 0.15) is 32.1 Å². The standard InChI is InChI=1S/C10H16O2/c1-12-9-5-8-10(11)6-3-2-4-7-10/h11H,2-4,6-7,9H2,1H3. The highest BCUT2D eigenvalue weighted by molar-refractivity contribution is 5.14. The number of methoxy groups -OCH3 is 1. The average Bonchev–Trinajstić information content (AvgIpc) is 2.06. The van der Waals surface area contributed by atoms with Gasteiger partial charge < -0.3 is 9.84 Å². The van der Waals surface area contributed by atoms with Crippen molar-refractivity contribution in [2.75, 3.05) is 13.7 Å². The monoisotopic (exact) mass is 168 g/mol. The van der Waals surface area contributed by atoms with Crippen LogP contribution in [0.2, 0.25) is 0 Å². The minimum Gasteiger partial charge on any atom is -0.378 e. The zero-order valence-corrected chi connectivity index (χ0v) is 7.60. The van der Waals surface area contributed by atoms with Crippen LogP contribution in [0.3, 0.4) is 0 Å². The molecule has 68 valence electrons. The molecular weight excluding hydrogens is 152 g/mol. The van der Waals surface area contributed by atoms with Gasteiger partial charge in [0, 0.05) is 7.11 Å². The van der Waals surface area contributed by atoms with E-state index < -0.39 is 5.60 Å². The van der Waals surface area contributed by atoms with E-state index in [0.29, 0.717) is 6.61 Å². The zero-order chi connectivity index (χ0) is 8.86. The first-order valence-corrected chi connectivity index (χ1v) is 4.48. The first kappa shape index (κ1) is 9.57. The van der Waals surface area contributed by atoms with Crippen molar-refractivity contribution in [1.29, 1.82) is 0 Å². The molecule has 0 bridgehead atoms. The van der Waals surface area contributed by atoms with Crippen molar-refractivity contribution in [3.63, 3.8) is 0 Å². The largest absolute Gasteiger partial charge is 0.378 e. The summed E-state index contributed by atoms with van der Waals surface area (Å²) in [6.07, 6.45) is 5.07. The topological polar surface area (TPSA) is 29.5 Å². The van der Waals surface area contributed by atoms with E-state index >= 15 is 0 Å². The molecule has 0 unspecified atom stereocenters. The van der Waals surface area contributed by atoms with Gasteiger partial charge in [0.2, 0.25) is 0 Å². The Morgan fingerprint density at radius 2 is 2.00 bits per heavy atom. The molecule has 1 rings (SSSR count). The smallest absolute Gasteiger partial charge is 0.125 e. The third kappa shape index (κ3) is 2.84. The fourth-order valence-electron chi connectivity index (χ4n) is 1.53. The molecule has 12 heavy (non-hydrogen) atoms. The van der Waals surface area contributed by atoms with Gasteiger partial charge in [0.15, 0.2) is 0 Å². The normalized spacial score (nSPS) is 21.2. The highest BCUT2D eigenvalue weighted by Gasteiger charge is 2.26. The van der Waals surface area contributed by atoms with Crippen LogP contribution in [0.5, 0.6) is 0 Å². The van der Waals surface area contributed by atoms with E-state index in [4.69, 9.17) is 4.74 Å². The minimum atomic E-state index is -0.712. The maximum absolute atomic E-state index is 9.87. The van der Waals surface area contributed by atoms with Crippen molar-refractivity contribution in [2.24, 2.45) is 0 Å². The SMILES string of the molecule is COCC#CC1(O)CCCCC1. The molecule has 0 radical (unpaired) electrons. The highest BCUT2D eigenvalue weighted by Crippen LogP contribution is 2.26. The highest BCUT2D eigenvalue weighted by atomic mass is 16.5. The molecular formula is C10H16O2. The molecule has 0 atom stereocenters. The van der Waals surface area contributed by atoms with E-state index in [1.54, 1.807) is 7.11 Å². The van der Waals surface area contributed by atoms with E-state index in [1.807, 2.05) is 0 Å². The maximum atomic E-state index is 9.87. The van der Waals surface area contributed by atoms with Crippen molar-refractivity contribution < 1.29 is 9.84 Å². The molecule has 2 nitrogen and oxygen atoms in total. The van der Waals surface area contributed by atoms with Crippen LogP contribution >= 0.6 is 0 Å². The lowest BCUT2D eigenvalue weighted by Gasteiger charge is -2.26. The lowest BCUT2D eigenvalue weighted by atomic mass is 9.85. The molecule has 2 heteroatoms. The van der Waals surface area contributed by atoms with E-state index in [2.05, 4.69) is 11.8 Å². The Hall–Kier alpha value is -0.520. The fraction of sp³-hybridized carbons (Fsp3) is 0.800. The summed E-state index contributed by atoms with van der Waals surface area (Å²) in [5.41, 5.74) is -0.712. The summed E-state index contributed by atoms with van der Waals surface area (Å²) >= 11 is 0. The molecule has 1 aliphatic rings. The predicted molar refractivity (Wildman–Crippen MR) is 47.7 cm³/mol. The van der Waals surface area contributed by atoms with E-state index in [0.717, 1.165) is 25.7 Å². The Bertz CT molecular complexity index is 182. The second-order valence-corrected chi connectivity index (χ2v) is 3.33. The van der Waals surface area contributed by atoms with Crippen LogP contribution in [0, 0.1) is 11.8 Å². The lowest BCUT2D eigenvalue weighted by molar-refractivity contribution is 0.0607. The van der Waals surface area contributed by atoms with Crippen molar-refractivity contribution >= 4 is 0 Å². The summed E-state index contributed by atoms with van der Waals surface area (Å²) < 4.78 is 4.79.